The number of aryl methyl sites for hydroxylation is 1. The highest BCUT2D eigenvalue weighted by atomic mass is 16.1. The van der Waals surface area contributed by atoms with Crippen molar-refractivity contribution in [2.24, 2.45) is 0 Å². The molecule has 0 spiro atoms. The number of Topliss-reactive ketones (excluding diaryl/α,β-unsaturated/α-hetero) is 1. The molecule has 0 saturated heterocycles. The van der Waals surface area contributed by atoms with Gasteiger partial charge in [-0.2, -0.15) is 0 Å². The topological polar surface area (TPSA) is 42.9 Å². The van der Waals surface area contributed by atoms with Crippen LogP contribution in [0.25, 0.3) is 11.1 Å². The van der Waals surface area contributed by atoms with Crippen molar-refractivity contribution in [3.63, 3.8) is 0 Å². The fourth-order valence-corrected chi connectivity index (χ4v) is 4.53. The molecule has 0 N–H and O–H groups in total. The lowest BCUT2D eigenvalue weighted by Gasteiger charge is -2.29. The summed E-state index contributed by atoms with van der Waals surface area (Å²) in [6.07, 6.45) is 11.3. The Labute approximate surface area is 166 Å². The highest BCUT2D eigenvalue weighted by molar-refractivity contribution is 5.82. The summed E-state index contributed by atoms with van der Waals surface area (Å²) in [5, 5.41) is 0. The van der Waals surface area contributed by atoms with Crippen molar-refractivity contribution < 1.29 is 4.79 Å². The number of hydrogen-bond acceptors (Lipinski definition) is 3. The largest absolute Gasteiger partial charge is 0.299 e. The molecule has 0 radical (unpaired) electrons. The van der Waals surface area contributed by atoms with Gasteiger partial charge in [0.05, 0.1) is 0 Å². The van der Waals surface area contributed by atoms with Crippen LogP contribution in [0.2, 0.25) is 0 Å². The van der Waals surface area contributed by atoms with Crippen LogP contribution >= 0.6 is 0 Å². The third-order valence-corrected chi connectivity index (χ3v) is 5.97. The molecular formula is C25H26N2O. The third kappa shape index (κ3) is 4.04. The van der Waals surface area contributed by atoms with Crippen molar-refractivity contribution in [3.05, 3.63) is 83.9 Å². The van der Waals surface area contributed by atoms with Crippen LogP contribution < -0.4 is 0 Å². The summed E-state index contributed by atoms with van der Waals surface area (Å²) in [6.45, 7) is 2.00. The van der Waals surface area contributed by atoms with E-state index in [-0.39, 0.29) is 5.41 Å². The average Bonchev–Trinajstić information content (AvgIpc) is 3.19. The molecule has 1 aromatic carbocycles. The number of rotatable bonds is 6. The van der Waals surface area contributed by atoms with Crippen molar-refractivity contribution >= 4 is 5.78 Å². The van der Waals surface area contributed by atoms with Crippen LogP contribution in [0.1, 0.15) is 48.9 Å². The van der Waals surface area contributed by atoms with Gasteiger partial charge in [-0.1, -0.05) is 37.1 Å². The summed E-state index contributed by atoms with van der Waals surface area (Å²) in [5.74, 6) is 0.325. The lowest BCUT2D eigenvalue weighted by molar-refractivity contribution is -0.119. The Morgan fingerprint density at radius 3 is 2.32 bits per heavy atom. The summed E-state index contributed by atoms with van der Waals surface area (Å²) >= 11 is 0. The molecular weight excluding hydrogens is 344 g/mol. The Kier molecular flexibility index (Phi) is 5.34. The fraction of sp³-hybridized carbons (Fsp3) is 0.320. The van der Waals surface area contributed by atoms with Crippen LogP contribution in [0, 0.1) is 6.92 Å². The highest BCUT2D eigenvalue weighted by Crippen LogP contribution is 2.44. The smallest absolute Gasteiger partial charge is 0.138 e. The van der Waals surface area contributed by atoms with Gasteiger partial charge in [-0.15, -0.1) is 0 Å². The lowest BCUT2D eigenvalue weighted by atomic mass is 9.74. The quantitative estimate of drug-likeness (QED) is 0.578. The normalized spacial score (nSPS) is 15.5. The van der Waals surface area contributed by atoms with Gasteiger partial charge in [0.15, 0.2) is 0 Å². The Morgan fingerprint density at radius 1 is 0.929 bits per heavy atom. The zero-order chi connectivity index (χ0) is 19.4. The van der Waals surface area contributed by atoms with Gasteiger partial charge in [0, 0.05) is 42.5 Å². The molecule has 0 atom stereocenters. The minimum Gasteiger partial charge on any atom is -0.299 e. The number of benzene rings is 1. The van der Waals surface area contributed by atoms with Crippen molar-refractivity contribution in [1.29, 1.82) is 0 Å². The maximum Gasteiger partial charge on any atom is 0.138 e. The first kappa shape index (κ1) is 18.5. The van der Waals surface area contributed by atoms with Crippen LogP contribution in [0.15, 0.2) is 67.1 Å². The van der Waals surface area contributed by atoms with Gasteiger partial charge in [0.1, 0.15) is 5.78 Å². The number of hydrogen-bond donors (Lipinski definition) is 0. The Bertz CT molecular complexity index is 942. The zero-order valence-electron chi connectivity index (χ0n) is 16.4. The predicted molar refractivity (Wildman–Crippen MR) is 112 cm³/mol. The number of ketones is 1. The van der Waals surface area contributed by atoms with Crippen molar-refractivity contribution in [3.8, 4) is 11.1 Å². The average molecular weight is 370 g/mol. The van der Waals surface area contributed by atoms with Crippen LogP contribution in [0.5, 0.6) is 0 Å². The standard InChI is InChI=1S/C25H26N2O/c1-19-16-22(8-15-27-19)21-6-4-20(5-7-21)17-24(28)18-25(11-2-3-12-25)23-9-13-26-14-10-23/h4-10,13-16H,2-3,11-12,17-18H2,1H3. The van der Waals surface area contributed by atoms with Gasteiger partial charge in [-0.25, -0.2) is 0 Å². The number of pyridine rings is 2. The van der Waals surface area contributed by atoms with Crippen LogP contribution in [-0.2, 0) is 16.6 Å². The molecule has 3 aromatic rings. The molecule has 1 fully saturated rings. The van der Waals surface area contributed by atoms with Gasteiger partial charge >= 0.3 is 0 Å². The highest BCUT2D eigenvalue weighted by Gasteiger charge is 2.37. The van der Waals surface area contributed by atoms with E-state index >= 15 is 0 Å². The van der Waals surface area contributed by atoms with Crippen LogP contribution in [-0.4, -0.2) is 15.8 Å². The molecule has 3 nitrogen and oxygen atoms in total. The molecule has 0 unspecified atom stereocenters. The molecule has 1 aliphatic rings. The molecule has 0 amide bonds. The summed E-state index contributed by atoms with van der Waals surface area (Å²) in [5.41, 5.74) is 5.70. The van der Waals surface area contributed by atoms with Gasteiger partial charge in [0.25, 0.3) is 0 Å². The number of aromatic nitrogens is 2. The maximum atomic E-state index is 12.9. The molecule has 0 bridgehead atoms. The van der Waals surface area contributed by atoms with Gasteiger partial charge in [-0.05, 0) is 66.3 Å². The summed E-state index contributed by atoms with van der Waals surface area (Å²) in [6, 6.07) is 16.6. The van der Waals surface area contributed by atoms with E-state index in [1.54, 1.807) is 0 Å². The maximum absolute atomic E-state index is 12.9. The van der Waals surface area contributed by atoms with Crippen LogP contribution in [0.3, 0.4) is 0 Å². The molecule has 0 aliphatic heterocycles. The Hall–Kier alpha value is -2.81. The van der Waals surface area contributed by atoms with E-state index in [1.807, 2.05) is 31.6 Å². The minimum absolute atomic E-state index is 0.00846. The summed E-state index contributed by atoms with van der Waals surface area (Å²) < 4.78 is 0. The number of nitrogens with zero attached hydrogens (tertiary/aromatic N) is 2. The molecule has 28 heavy (non-hydrogen) atoms. The van der Waals surface area contributed by atoms with Gasteiger partial charge < -0.3 is 0 Å². The molecule has 3 heteroatoms. The molecule has 2 heterocycles. The number of carbonyl (C=O) groups excluding carboxylic acids is 1. The van der Waals surface area contributed by atoms with E-state index in [9.17, 15) is 4.79 Å². The predicted octanol–water partition coefficient (Wildman–Crippen LogP) is 5.47. The Morgan fingerprint density at radius 2 is 1.64 bits per heavy atom. The monoisotopic (exact) mass is 370 g/mol. The second-order valence-electron chi connectivity index (χ2n) is 8.00. The van der Waals surface area contributed by atoms with Crippen molar-refractivity contribution in [2.75, 3.05) is 0 Å². The zero-order valence-corrected chi connectivity index (χ0v) is 16.4. The van der Waals surface area contributed by atoms with Crippen molar-refractivity contribution in [1.82, 2.24) is 9.97 Å². The summed E-state index contributed by atoms with van der Waals surface area (Å²) in [7, 11) is 0. The minimum atomic E-state index is 0.00846. The van der Waals surface area contributed by atoms with Gasteiger partial charge in [-0.3, -0.25) is 14.8 Å². The molecule has 4 rings (SSSR count). The Balaban J connectivity index is 1.46. The fourth-order valence-electron chi connectivity index (χ4n) is 4.53. The second-order valence-corrected chi connectivity index (χ2v) is 8.00. The van der Waals surface area contributed by atoms with E-state index < -0.39 is 0 Å². The second kappa shape index (κ2) is 8.05. The first-order valence-electron chi connectivity index (χ1n) is 10.1. The molecule has 1 saturated carbocycles. The number of carbonyl (C=O) groups is 1. The van der Waals surface area contributed by atoms with Gasteiger partial charge in [0.2, 0.25) is 0 Å². The third-order valence-electron chi connectivity index (χ3n) is 5.97. The van der Waals surface area contributed by atoms with Crippen molar-refractivity contribution in [2.45, 2.75) is 50.9 Å². The van der Waals surface area contributed by atoms with E-state index in [2.05, 4.69) is 52.4 Å². The first-order valence-corrected chi connectivity index (χ1v) is 10.1. The van der Waals surface area contributed by atoms with E-state index in [1.165, 1.54) is 18.4 Å². The lowest BCUT2D eigenvalue weighted by Crippen LogP contribution is -2.26. The van der Waals surface area contributed by atoms with E-state index in [0.717, 1.165) is 35.2 Å². The first-order chi connectivity index (χ1) is 13.6. The summed E-state index contributed by atoms with van der Waals surface area (Å²) in [4.78, 5) is 21.3. The van der Waals surface area contributed by atoms with Crippen LogP contribution in [0.4, 0.5) is 0 Å². The van der Waals surface area contributed by atoms with E-state index in [0.29, 0.717) is 18.6 Å². The SMILES string of the molecule is Cc1cc(-c2ccc(CC(=O)CC3(c4ccncc4)CCCC3)cc2)ccn1. The molecule has 2 aromatic heterocycles. The molecule has 142 valence electrons. The molecule has 1 aliphatic carbocycles. The van der Waals surface area contributed by atoms with E-state index in [4.69, 9.17) is 0 Å².